The fourth-order valence-electron chi connectivity index (χ4n) is 3.09. The SMILES string of the molecule is N#C/C(C(=O)Nc1ccc(Cl)cc1)=c1\s/c(=C/c2ccc(Cl)cc2)c(=O)n1-c1ccccc1. The molecule has 0 radical (unpaired) electrons. The van der Waals surface area contributed by atoms with E-state index >= 15 is 0 Å². The molecule has 1 aromatic heterocycles. The number of aromatic nitrogens is 1. The maximum Gasteiger partial charge on any atom is 0.273 e. The fourth-order valence-corrected chi connectivity index (χ4v) is 4.45. The molecule has 0 bridgehead atoms. The summed E-state index contributed by atoms with van der Waals surface area (Å²) in [5, 5.41) is 13.7. The maximum atomic E-state index is 13.3. The first kappa shape index (κ1) is 22.6. The van der Waals surface area contributed by atoms with Gasteiger partial charge in [-0.15, -0.1) is 11.3 Å². The second-order valence-corrected chi connectivity index (χ2v) is 8.79. The van der Waals surface area contributed by atoms with E-state index in [1.165, 1.54) is 4.57 Å². The molecule has 0 saturated heterocycles. The summed E-state index contributed by atoms with van der Waals surface area (Å²) < 4.78 is 2.00. The summed E-state index contributed by atoms with van der Waals surface area (Å²) in [6, 6.07) is 24.4. The highest BCUT2D eigenvalue weighted by Gasteiger charge is 2.17. The molecule has 0 aliphatic heterocycles. The number of rotatable bonds is 4. The average Bonchev–Trinajstić information content (AvgIpc) is 3.13. The summed E-state index contributed by atoms with van der Waals surface area (Å²) >= 11 is 12.9. The third kappa shape index (κ3) is 5.07. The number of nitrogens with one attached hydrogen (secondary N) is 1. The number of carbonyl (C=O) groups is 1. The van der Waals surface area contributed by atoms with E-state index in [0.29, 0.717) is 26.0 Å². The molecule has 0 aliphatic rings. The van der Waals surface area contributed by atoms with Gasteiger partial charge in [-0.1, -0.05) is 53.5 Å². The van der Waals surface area contributed by atoms with Crippen LogP contribution in [0.25, 0.3) is 17.3 Å². The predicted octanol–water partition coefficient (Wildman–Crippen LogP) is 4.35. The van der Waals surface area contributed by atoms with Crippen LogP contribution >= 0.6 is 34.5 Å². The number of benzene rings is 3. The van der Waals surface area contributed by atoms with Gasteiger partial charge in [0.1, 0.15) is 10.7 Å². The summed E-state index contributed by atoms with van der Waals surface area (Å²) in [5.41, 5.74) is 1.30. The molecule has 0 unspecified atom stereocenters. The number of hydrogen-bond donors (Lipinski definition) is 1. The van der Waals surface area contributed by atoms with Crippen molar-refractivity contribution in [3.05, 3.63) is 114 Å². The molecule has 0 spiro atoms. The Morgan fingerprint density at radius 2 is 1.55 bits per heavy atom. The van der Waals surface area contributed by atoms with Gasteiger partial charge in [-0.25, -0.2) is 0 Å². The number of nitriles is 1. The average molecular weight is 492 g/mol. The Labute approximate surface area is 203 Å². The van der Waals surface area contributed by atoms with Crippen molar-refractivity contribution >= 4 is 57.8 Å². The van der Waals surface area contributed by atoms with Crippen molar-refractivity contribution in [3.63, 3.8) is 0 Å². The lowest BCUT2D eigenvalue weighted by atomic mass is 10.2. The number of halogens is 2. The molecule has 1 N–H and O–H groups in total. The number of amides is 1. The van der Waals surface area contributed by atoms with Crippen LogP contribution in [-0.2, 0) is 4.79 Å². The van der Waals surface area contributed by atoms with Gasteiger partial charge in [0.15, 0.2) is 5.57 Å². The fraction of sp³-hybridized carbons (Fsp3) is 0. The third-order valence-electron chi connectivity index (χ3n) is 4.66. The maximum absolute atomic E-state index is 13.3. The summed E-state index contributed by atoms with van der Waals surface area (Å²) in [6.45, 7) is 0. The molecule has 4 rings (SSSR count). The zero-order valence-electron chi connectivity index (χ0n) is 17.0. The summed E-state index contributed by atoms with van der Waals surface area (Å²) in [7, 11) is 0. The van der Waals surface area contributed by atoms with Crippen LogP contribution in [0.1, 0.15) is 5.56 Å². The first-order chi connectivity index (χ1) is 16.0. The molecule has 8 heteroatoms. The molecule has 5 nitrogen and oxygen atoms in total. The Hall–Kier alpha value is -3.63. The van der Waals surface area contributed by atoms with Crippen molar-refractivity contribution in [2.75, 3.05) is 5.32 Å². The highest BCUT2D eigenvalue weighted by molar-refractivity contribution is 7.07. The van der Waals surface area contributed by atoms with Crippen LogP contribution < -0.4 is 20.1 Å². The smallest absolute Gasteiger partial charge is 0.273 e. The first-order valence-corrected chi connectivity index (χ1v) is 11.3. The van der Waals surface area contributed by atoms with Crippen LogP contribution in [-0.4, -0.2) is 10.5 Å². The topological polar surface area (TPSA) is 74.9 Å². The van der Waals surface area contributed by atoms with Gasteiger partial charge < -0.3 is 5.32 Å². The van der Waals surface area contributed by atoms with Gasteiger partial charge in [0.05, 0.1) is 10.2 Å². The molecule has 162 valence electrons. The Morgan fingerprint density at radius 1 is 0.939 bits per heavy atom. The monoisotopic (exact) mass is 491 g/mol. The minimum absolute atomic E-state index is 0.174. The normalized spacial score (nSPS) is 12.2. The molecule has 0 atom stereocenters. The van der Waals surface area contributed by atoms with Gasteiger partial charge >= 0.3 is 0 Å². The number of hydrogen-bond acceptors (Lipinski definition) is 4. The van der Waals surface area contributed by atoms with E-state index in [4.69, 9.17) is 23.2 Å². The van der Waals surface area contributed by atoms with Crippen molar-refractivity contribution in [2.45, 2.75) is 0 Å². The minimum Gasteiger partial charge on any atom is -0.321 e. The molecule has 0 aliphatic carbocycles. The number of para-hydroxylation sites is 1. The molecular formula is C25H15Cl2N3O2S. The quantitative estimate of drug-likeness (QED) is 0.461. The zero-order valence-corrected chi connectivity index (χ0v) is 19.3. The standard InChI is InChI=1S/C25H15Cl2N3O2S/c26-17-8-6-16(7-9-17)14-22-24(32)30(20-4-2-1-3-5-20)25(33-22)21(15-28)23(31)29-19-12-10-18(27)11-13-19/h1-14H,(H,29,31)/b22-14+,25-21+. The van der Waals surface area contributed by atoms with Gasteiger partial charge in [-0.2, -0.15) is 5.26 Å². The second kappa shape index (κ2) is 9.88. The molecule has 1 amide bonds. The second-order valence-electron chi connectivity index (χ2n) is 6.89. The number of carbonyl (C=O) groups excluding carboxylic acids is 1. The van der Waals surface area contributed by atoms with Crippen molar-refractivity contribution in [3.8, 4) is 11.8 Å². The van der Waals surface area contributed by atoms with Crippen molar-refractivity contribution in [1.29, 1.82) is 5.26 Å². The van der Waals surface area contributed by atoms with E-state index in [0.717, 1.165) is 16.9 Å². The number of nitrogens with zero attached hydrogens (tertiary/aromatic N) is 2. The van der Waals surface area contributed by atoms with Crippen molar-refractivity contribution in [1.82, 2.24) is 4.57 Å². The largest absolute Gasteiger partial charge is 0.321 e. The Bertz CT molecular complexity index is 1530. The molecule has 1 heterocycles. The van der Waals surface area contributed by atoms with Crippen molar-refractivity contribution in [2.24, 2.45) is 0 Å². The van der Waals surface area contributed by atoms with Gasteiger partial charge in [0, 0.05) is 15.7 Å². The van der Waals surface area contributed by atoms with Crippen LogP contribution in [0.5, 0.6) is 0 Å². The molecule has 0 saturated carbocycles. The third-order valence-corrected chi connectivity index (χ3v) is 6.26. The van der Waals surface area contributed by atoms with E-state index in [1.54, 1.807) is 78.9 Å². The van der Waals surface area contributed by atoms with Gasteiger partial charge in [-0.05, 0) is 60.2 Å². The lowest BCUT2D eigenvalue weighted by Crippen LogP contribution is -2.32. The lowest BCUT2D eigenvalue weighted by Gasteiger charge is -2.06. The Kier molecular flexibility index (Phi) is 6.76. The van der Waals surface area contributed by atoms with Crippen LogP contribution in [0.3, 0.4) is 0 Å². The van der Waals surface area contributed by atoms with Gasteiger partial charge in [0.25, 0.3) is 11.5 Å². The van der Waals surface area contributed by atoms with E-state index in [2.05, 4.69) is 5.32 Å². The predicted molar refractivity (Wildman–Crippen MR) is 133 cm³/mol. The van der Waals surface area contributed by atoms with Crippen LogP contribution in [0, 0.1) is 11.3 Å². The van der Waals surface area contributed by atoms with Gasteiger partial charge in [0.2, 0.25) is 0 Å². The van der Waals surface area contributed by atoms with E-state index in [9.17, 15) is 14.9 Å². The zero-order chi connectivity index (χ0) is 23.4. The Balaban J connectivity index is 1.93. The molecule has 3 aromatic carbocycles. The van der Waals surface area contributed by atoms with Gasteiger partial charge in [-0.3, -0.25) is 14.2 Å². The molecule has 33 heavy (non-hydrogen) atoms. The number of anilines is 1. The number of thiazole rings is 1. The summed E-state index contributed by atoms with van der Waals surface area (Å²) in [5.74, 6) is -0.621. The summed E-state index contributed by atoms with van der Waals surface area (Å²) in [4.78, 5) is 26.3. The van der Waals surface area contributed by atoms with Crippen molar-refractivity contribution < 1.29 is 4.79 Å². The van der Waals surface area contributed by atoms with E-state index in [1.807, 2.05) is 12.1 Å². The van der Waals surface area contributed by atoms with Crippen LogP contribution in [0.2, 0.25) is 10.0 Å². The van der Waals surface area contributed by atoms with Crippen LogP contribution in [0.15, 0.2) is 83.7 Å². The van der Waals surface area contributed by atoms with E-state index < -0.39 is 5.91 Å². The lowest BCUT2D eigenvalue weighted by molar-refractivity contribution is -0.111. The Morgan fingerprint density at radius 3 is 2.15 bits per heavy atom. The molecule has 4 aromatic rings. The first-order valence-electron chi connectivity index (χ1n) is 9.72. The van der Waals surface area contributed by atoms with Crippen LogP contribution in [0.4, 0.5) is 5.69 Å². The van der Waals surface area contributed by atoms with E-state index in [-0.39, 0.29) is 15.8 Å². The summed E-state index contributed by atoms with van der Waals surface area (Å²) in [6.07, 6.45) is 1.71. The highest BCUT2D eigenvalue weighted by Crippen LogP contribution is 2.14. The highest BCUT2D eigenvalue weighted by atomic mass is 35.5. The minimum atomic E-state index is -0.621. The molecule has 0 fully saturated rings. The molecular weight excluding hydrogens is 477 g/mol.